The van der Waals surface area contributed by atoms with Gasteiger partial charge in [-0.1, -0.05) is 12.1 Å². The molecule has 0 aromatic heterocycles. The molecule has 0 bridgehead atoms. The molecule has 1 unspecified atom stereocenters. The molecule has 1 heterocycles. The molecular formula is C15H23N3O2S. The maximum Gasteiger partial charge on any atom is 0.242 e. The Balaban J connectivity index is 1.83. The summed E-state index contributed by atoms with van der Waals surface area (Å²) in [7, 11) is -3.41. The summed E-state index contributed by atoms with van der Waals surface area (Å²) in [5.41, 5.74) is 6.45. The average Bonchev–Trinajstić information content (AvgIpc) is 3.14. The Hall–Kier alpha value is -1.11. The molecule has 2 aliphatic rings. The van der Waals surface area contributed by atoms with Crippen LogP contribution in [0.1, 0.15) is 25.7 Å². The normalized spacial score (nSPS) is 22.7. The Morgan fingerprint density at radius 2 is 2.00 bits per heavy atom. The fourth-order valence-electron chi connectivity index (χ4n) is 2.95. The molecule has 3 N–H and O–H groups in total. The Morgan fingerprint density at radius 3 is 2.71 bits per heavy atom. The van der Waals surface area contributed by atoms with Gasteiger partial charge in [-0.3, -0.25) is 0 Å². The minimum Gasteiger partial charge on any atom is -0.370 e. The second-order valence-corrected chi connectivity index (χ2v) is 7.72. The van der Waals surface area contributed by atoms with Gasteiger partial charge in [-0.25, -0.2) is 13.1 Å². The summed E-state index contributed by atoms with van der Waals surface area (Å²) in [4.78, 5) is 2.59. The first-order chi connectivity index (χ1) is 10.1. The highest BCUT2D eigenvalue weighted by Crippen LogP contribution is 2.32. The fraction of sp³-hybridized carbons (Fsp3) is 0.600. The van der Waals surface area contributed by atoms with Gasteiger partial charge in [0.05, 0.1) is 5.69 Å². The molecule has 3 rings (SSSR count). The van der Waals surface area contributed by atoms with Crippen molar-refractivity contribution in [2.75, 3.05) is 24.5 Å². The van der Waals surface area contributed by atoms with Gasteiger partial charge in [-0.2, -0.15) is 0 Å². The van der Waals surface area contributed by atoms with Crippen LogP contribution in [-0.4, -0.2) is 34.1 Å². The van der Waals surface area contributed by atoms with Gasteiger partial charge in [0.2, 0.25) is 10.0 Å². The van der Waals surface area contributed by atoms with E-state index in [1.807, 2.05) is 12.1 Å². The molecule has 2 fully saturated rings. The lowest BCUT2D eigenvalue weighted by atomic mass is 10.1. The number of benzene rings is 1. The molecule has 1 aromatic rings. The van der Waals surface area contributed by atoms with Crippen LogP contribution in [0.25, 0.3) is 0 Å². The van der Waals surface area contributed by atoms with Crippen molar-refractivity contribution in [3.8, 4) is 0 Å². The zero-order valence-electron chi connectivity index (χ0n) is 12.2. The maximum atomic E-state index is 12.5. The van der Waals surface area contributed by atoms with E-state index in [1.54, 1.807) is 12.1 Å². The molecule has 0 spiro atoms. The van der Waals surface area contributed by atoms with Crippen LogP contribution in [0.2, 0.25) is 0 Å². The van der Waals surface area contributed by atoms with Gasteiger partial charge in [0.15, 0.2) is 0 Å². The number of hydrogen-bond donors (Lipinski definition) is 2. The number of sulfonamides is 1. The molecule has 116 valence electrons. The van der Waals surface area contributed by atoms with E-state index >= 15 is 0 Å². The van der Waals surface area contributed by atoms with E-state index in [9.17, 15) is 8.42 Å². The molecule has 1 aliphatic heterocycles. The van der Waals surface area contributed by atoms with Gasteiger partial charge >= 0.3 is 0 Å². The molecule has 0 radical (unpaired) electrons. The standard InChI is InChI=1S/C15H23N3O2S/c16-9-7-12-8-10-18(11-12)14-3-1-2-4-15(14)21(19,20)17-13-5-6-13/h1-4,12-13,17H,5-11,16H2. The minimum atomic E-state index is -3.41. The lowest BCUT2D eigenvalue weighted by Crippen LogP contribution is -2.29. The van der Waals surface area contributed by atoms with Crippen molar-refractivity contribution in [3.63, 3.8) is 0 Å². The smallest absolute Gasteiger partial charge is 0.242 e. The zero-order valence-corrected chi connectivity index (χ0v) is 13.0. The van der Waals surface area contributed by atoms with Crippen molar-refractivity contribution in [2.45, 2.75) is 36.6 Å². The van der Waals surface area contributed by atoms with Crippen LogP contribution in [0.4, 0.5) is 5.69 Å². The summed E-state index contributed by atoms with van der Waals surface area (Å²) in [6.45, 7) is 2.50. The molecule has 1 saturated heterocycles. The first-order valence-corrected chi connectivity index (χ1v) is 9.15. The van der Waals surface area contributed by atoms with Crippen LogP contribution in [0.5, 0.6) is 0 Å². The van der Waals surface area contributed by atoms with Crippen LogP contribution in [0, 0.1) is 5.92 Å². The lowest BCUT2D eigenvalue weighted by Gasteiger charge is -2.22. The van der Waals surface area contributed by atoms with E-state index in [2.05, 4.69) is 9.62 Å². The van der Waals surface area contributed by atoms with E-state index in [0.29, 0.717) is 17.4 Å². The quantitative estimate of drug-likeness (QED) is 0.830. The topological polar surface area (TPSA) is 75.4 Å². The van der Waals surface area contributed by atoms with E-state index < -0.39 is 10.0 Å². The summed E-state index contributed by atoms with van der Waals surface area (Å²) in [5, 5.41) is 0. The van der Waals surface area contributed by atoms with Crippen LogP contribution >= 0.6 is 0 Å². The highest BCUT2D eigenvalue weighted by Gasteiger charge is 2.31. The second-order valence-electron chi connectivity index (χ2n) is 6.04. The average molecular weight is 309 g/mol. The van der Waals surface area contributed by atoms with E-state index in [1.165, 1.54) is 0 Å². The monoisotopic (exact) mass is 309 g/mol. The van der Waals surface area contributed by atoms with Gasteiger partial charge in [0.25, 0.3) is 0 Å². The van der Waals surface area contributed by atoms with Gasteiger partial charge in [0.1, 0.15) is 4.90 Å². The molecular weight excluding hydrogens is 286 g/mol. The minimum absolute atomic E-state index is 0.131. The summed E-state index contributed by atoms with van der Waals surface area (Å²) in [6.07, 6.45) is 3.99. The molecule has 21 heavy (non-hydrogen) atoms. The first kappa shape index (κ1) is 14.8. The summed E-state index contributed by atoms with van der Waals surface area (Å²) < 4.78 is 27.8. The van der Waals surface area contributed by atoms with Crippen molar-refractivity contribution < 1.29 is 8.42 Å². The Kier molecular flexibility index (Phi) is 4.19. The first-order valence-electron chi connectivity index (χ1n) is 7.66. The van der Waals surface area contributed by atoms with Gasteiger partial charge in [-0.05, 0) is 50.3 Å². The van der Waals surface area contributed by atoms with Crippen LogP contribution < -0.4 is 15.4 Å². The number of nitrogens with two attached hydrogens (primary N) is 1. The zero-order chi connectivity index (χ0) is 14.9. The summed E-state index contributed by atoms with van der Waals surface area (Å²) >= 11 is 0. The predicted molar refractivity (Wildman–Crippen MR) is 83.8 cm³/mol. The number of rotatable bonds is 6. The largest absolute Gasteiger partial charge is 0.370 e. The molecule has 5 nitrogen and oxygen atoms in total. The third-order valence-corrected chi connectivity index (χ3v) is 5.82. The summed E-state index contributed by atoms with van der Waals surface area (Å²) in [5.74, 6) is 0.571. The highest BCUT2D eigenvalue weighted by atomic mass is 32.2. The van der Waals surface area contributed by atoms with Crippen molar-refractivity contribution in [1.82, 2.24) is 4.72 Å². The van der Waals surface area contributed by atoms with Crippen LogP contribution in [-0.2, 0) is 10.0 Å². The second kappa shape index (κ2) is 5.94. The van der Waals surface area contributed by atoms with E-state index in [0.717, 1.165) is 44.5 Å². The van der Waals surface area contributed by atoms with Crippen molar-refractivity contribution in [1.29, 1.82) is 0 Å². The number of anilines is 1. The third-order valence-electron chi connectivity index (χ3n) is 4.26. The van der Waals surface area contributed by atoms with Gasteiger partial charge in [0, 0.05) is 19.1 Å². The molecule has 1 atom stereocenters. The van der Waals surface area contributed by atoms with Crippen LogP contribution in [0.3, 0.4) is 0 Å². The third kappa shape index (κ3) is 3.39. The van der Waals surface area contributed by atoms with E-state index in [4.69, 9.17) is 5.73 Å². The number of hydrogen-bond acceptors (Lipinski definition) is 4. The predicted octanol–water partition coefficient (Wildman–Crippen LogP) is 1.30. The van der Waals surface area contributed by atoms with E-state index in [-0.39, 0.29) is 6.04 Å². The summed E-state index contributed by atoms with van der Waals surface area (Å²) in [6, 6.07) is 7.44. The molecule has 1 aromatic carbocycles. The van der Waals surface area contributed by atoms with Gasteiger partial charge < -0.3 is 10.6 Å². The van der Waals surface area contributed by atoms with Gasteiger partial charge in [-0.15, -0.1) is 0 Å². The molecule has 1 saturated carbocycles. The SMILES string of the molecule is NCCC1CCN(c2ccccc2S(=O)(=O)NC2CC2)C1. The number of nitrogens with zero attached hydrogens (tertiary/aromatic N) is 1. The Labute approximate surface area is 126 Å². The Bertz CT molecular complexity index is 599. The molecule has 6 heteroatoms. The maximum absolute atomic E-state index is 12.5. The van der Waals surface area contributed by atoms with Crippen molar-refractivity contribution in [2.24, 2.45) is 11.7 Å². The molecule has 0 amide bonds. The highest BCUT2D eigenvalue weighted by molar-refractivity contribution is 7.89. The number of para-hydroxylation sites is 1. The lowest BCUT2D eigenvalue weighted by molar-refractivity contribution is 0.546. The number of nitrogens with one attached hydrogen (secondary N) is 1. The fourth-order valence-corrected chi connectivity index (χ4v) is 4.48. The van der Waals surface area contributed by atoms with Crippen LogP contribution in [0.15, 0.2) is 29.2 Å². The van der Waals surface area contributed by atoms with Crippen molar-refractivity contribution in [3.05, 3.63) is 24.3 Å². The molecule has 1 aliphatic carbocycles. The van der Waals surface area contributed by atoms with Crippen molar-refractivity contribution >= 4 is 15.7 Å². The Morgan fingerprint density at radius 1 is 1.24 bits per heavy atom.